The average molecular weight is 622 g/mol. The van der Waals surface area contributed by atoms with Crippen molar-refractivity contribution in [1.82, 2.24) is 14.5 Å². The van der Waals surface area contributed by atoms with Crippen molar-refractivity contribution in [3.8, 4) is 22.4 Å². The highest BCUT2D eigenvalue weighted by atomic mass is 35.5. The Hall–Kier alpha value is -3.57. The lowest BCUT2D eigenvalue weighted by molar-refractivity contribution is -0.116. The molecule has 43 heavy (non-hydrogen) atoms. The maximum absolute atomic E-state index is 14.5. The molecule has 8 nitrogen and oxygen atoms in total. The van der Waals surface area contributed by atoms with Crippen LogP contribution in [0.1, 0.15) is 37.2 Å². The predicted octanol–water partition coefficient (Wildman–Crippen LogP) is 7.05. The minimum Gasteiger partial charge on any atom is -0.398 e. The van der Waals surface area contributed by atoms with E-state index in [2.05, 4.69) is 29.9 Å². The molecule has 0 radical (unpaired) electrons. The van der Waals surface area contributed by atoms with Gasteiger partial charge in [0.2, 0.25) is 5.91 Å². The van der Waals surface area contributed by atoms with E-state index in [0.29, 0.717) is 58.6 Å². The van der Waals surface area contributed by atoms with Crippen molar-refractivity contribution in [2.24, 2.45) is 0 Å². The molecule has 1 amide bonds. The third kappa shape index (κ3) is 7.15. The van der Waals surface area contributed by atoms with Crippen molar-refractivity contribution in [2.75, 3.05) is 17.7 Å². The van der Waals surface area contributed by atoms with Crippen LogP contribution in [0.5, 0.6) is 0 Å². The molecule has 4 aromatic rings. The Morgan fingerprint density at radius 2 is 1.95 bits per heavy atom. The summed E-state index contributed by atoms with van der Waals surface area (Å²) in [4.78, 5) is 22.3. The largest absolute Gasteiger partial charge is 0.398 e. The summed E-state index contributed by atoms with van der Waals surface area (Å²) in [5.41, 5.74) is 8.28. The van der Waals surface area contributed by atoms with Crippen molar-refractivity contribution in [2.45, 2.75) is 63.7 Å². The molecule has 0 aliphatic carbocycles. The second-order valence-electron chi connectivity index (χ2n) is 12.2. The number of aromatic nitrogens is 3. The third-order valence-corrected chi connectivity index (χ3v) is 9.55. The second-order valence-corrected chi connectivity index (χ2v) is 18.3. The molecule has 11 heteroatoms. The van der Waals surface area contributed by atoms with E-state index >= 15 is 0 Å². The topological polar surface area (TPSA) is 115 Å². The summed E-state index contributed by atoms with van der Waals surface area (Å²) in [5, 5.41) is 15.9. The number of nitrogens with one attached hydrogen (secondary N) is 1. The fourth-order valence-electron chi connectivity index (χ4n) is 5.16. The van der Waals surface area contributed by atoms with Gasteiger partial charge in [0.15, 0.2) is 5.60 Å². The lowest BCUT2D eigenvalue weighted by Crippen LogP contribution is -2.33. The number of ether oxygens (including phenoxy) is 1. The second kappa shape index (κ2) is 12.6. The number of benzene rings is 2. The number of anilines is 2. The molecule has 0 fully saturated rings. The number of nitrogen functional groups attached to an aromatic ring is 1. The van der Waals surface area contributed by atoms with Crippen LogP contribution in [0, 0.1) is 5.82 Å². The SMILES string of the molecule is C[Si](C)(C)CCOCn1cc2nc1C(O)(c1ccc(-c3cc(Cl)ccc3N)cn1)CCCCC(=O)Nc1ccc(F)cc1-2. The number of aliphatic hydroxyl groups is 1. The summed E-state index contributed by atoms with van der Waals surface area (Å²) in [6.07, 6.45) is 4.96. The van der Waals surface area contributed by atoms with Crippen LogP contribution < -0.4 is 11.1 Å². The summed E-state index contributed by atoms with van der Waals surface area (Å²) in [6.45, 7) is 7.55. The number of hydrogen-bond donors (Lipinski definition) is 3. The zero-order chi connectivity index (χ0) is 30.8. The molecule has 226 valence electrons. The van der Waals surface area contributed by atoms with E-state index in [1.807, 2.05) is 6.07 Å². The van der Waals surface area contributed by atoms with E-state index in [1.165, 1.54) is 18.2 Å². The molecule has 3 heterocycles. The van der Waals surface area contributed by atoms with E-state index in [0.717, 1.165) is 17.2 Å². The summed E-state index contributed by atoms with van der Waals surface area (Å²) in [5.74, 6) is -0.316. The molecule has 0 spiro atoms. The van der Waals surface area contributed by atoms with Gasteiger partial charge < -0.3 is 25.5 Å². The molecule has 2 aromatic heterocycles. The van der Waals surface area contributed by atoms with Gasteiger partial charge in [-0.2, -0.15) is 0 Å². The van der Waals surface area contributed by atoms with Crippen molar-refractivity contribution in [3.63, 3.8) is 0 Å². The minimum absolute atomic E-state index is 0.142. The van der Waals surface area contributed by atoms with Crippen LogP contribution in [0.25, 0.3) is 22.4 Å². The van der Waals surface area contributed by atoms with E-state index in [1.54, 1.807) is 41.2 Å². The Labute approximate surface area is 257 Å². The lowest BCUT2D eigenvalue weighted by Gasteiger charge is -2.28. The molecule has 2 bridgehead atoms. The van der Waals surface area contributed by atoms with Gasteiger partial charge in [0.05, 0.1) is 17.1 Å². The van der Waals surface area contributed by atoms with Crippen molar-refractivity contribution in [1.29, 1.82) is 0 Å². The van der Waals surface area contributed by atoms with Crippen LogP contribution in [-0.4, -0.2) is 40.2 Å². The summed E-state index contributed by atoms with van der Waals surface area (Å²) in [7, 11) is -1.33. The number of halogens is 2. The third-order valence-electron chi connectivity index (χ3n) is 7.61. The van der Waals surface area contributed by atoms with Gasteiger partial charge in [0.25, 0.3) is 0 Å². The summed E-state index contributed by atoms with van der Waals surface area (Å²) >= 11 is 6.22. The van der Waals surface area contributed by atoms with Gasteiger partial charge in [-0.3, -0.25) is 9.78 Å². The first-order valence-corrected chi connectivity index (χ1v) is 18.5. The van der Waals surface area contributed by atoms with Crippen LogP contribution >= 0.6 is 11.6 Å². The Kier molecular flexibility index (Phi) is 9.03. The van der Waals surface area contributed by atoms with E-state index < -0.39 is 19.5 Å². The van der Waals surface area contributed by atoms with Gasteiger partial charge in [-0.25, -0.2) is 9.37 Å². The Balaban J connectivity index is 1.60. The van der Waals surface area contributed by atoms with E-state index in [-0.39, 0.29) is 25.5 Å². The van der Waals surface area contributed by atoms with Crippen molar-refractivity contribution >= 4 is 37.0 Å². The number of rotatable bonds is 7. The average Bonchev–Trinajstić information content (AvgIpc) is 3.39. The van der Waals surface area contributed by atoms with Crippen LogP contribution in [0.3, 0.4) is 0 Å². The molecule has 1 aliphatic rings. The number of fused-ring (bicyclic) bond motifs is 4. The molecule has 2 aromatic carbocycles. The molecule has 4 N–H and O–H groups in total. The fraction of sp³-hybridized carbons (Fsp3) is 0.344. The molecule has 1 atom stereocenters. The Bertz CT molecular complexity index is 1620. The number of nitrogens with two attached hydrogens (primary N) is 1. The van der Waals surface area contributed by atoms with Crippen molar-refractivity contribution < 1.29 is 19.0 Å². The van der Waals surface area contributed by atoms with Gasteiger partial charge in [-0.05, 0) is 67.8 Å². The molecule has 0 saturated carbocycles. The normalized spacial score (nSPS) is 17.5. The number of imidazole rings is 1. The van der Waals surface area contributed by atoms with Crippen LogP contribution in [0.4, 0.5) is 15.8 Å². The maximum Gasteiger partial charge on any atom is 0.224 e. The quantitative estimate of drug-likeness (QED) is 0.116. The molecule has 1 unspecified atom stereocenters. The number of carbonyl (C=O) groups excluding carboxylic acids is 1. The Morgan fingerprint density at radius 1 is 1.14 bits per heavy atom. The zero-order valence-electron chi connectivity index (χ0n) is 24.7. The fourth-order valence-corrected chi connectivity index (χ4v) is 6.09. The standard InChI is InChI=1S/C32H37ClFN5O3Si/c1-43(2,3)15-14-42-20-39-19-28-25-17-23(34)9-11-27(25)37-30(40)6-4-5-13-32(41,31(39)38-28)29-12-7-21(18-36-29)24-16-22(33)8-10-26(24)35/h7-12,16-19,41H,4-6,13-15,20,35H2,1-3H3,(H,37,40). The number of amides is 1. The van der Waals surface area contributed by atoms with Gasteiger partial charge in [0.1, 0.15) is 18.4 Å². The first kappa shape index (κ1) is 30.9. The lowest BCUT2D eigenvalue weighted by atomic mass is 9.90. The minimum atomic E-state index is -1.62. The maximum atomic E-state index is 14.5. The molecule has 5 rings (SSSR count). The van der Waals surface area contributed by atoms with Gasteiger partial charge in [-0.1, -0.05) is 37.3 Å². The van der Waals surface area contributed by atoms with Crippen LogP contribution in [-0.2, 0) is 21.9 Å². The summed E-state index contributed by atoms with van der Waals surface area (Å²) in [6, 6.07) is 14.0. The van der Waals surface area contributed by atoms with Gasteiger partial charge in [-0.15, -0.1) is 0 Å². The van der Waals surface area contributed by atoms with Gasteiger partial charge >= 0.3 is 0 Å². The first-order chi connectivity index (χ1) is 20.4. The smallest absolute Gasteiger partial charge is 0.224 e. The highest BCUT2D eigenvalue weighted by Gasteiger charge is 2.38. The zero-order valence-corrected chi connectivity index (χ0v) is 26.4. The number of nitrogens with zero attached hydrogens (tertiary/aromatic N) is 3. The highest BCUT2D eigenvalue weighted by Crippen LogP contribution is 2.38. The Morgan fingerprint density at radius 3 is 2.70 bits per heavy atom. The predicted molar refractivity (Wildman–Crippen MR) is 171 cm³/mol. The monoisotopic (exact) mass is 621 g/mol. The molecular formula is C32H37ClFN5O3Si. The molecule has 0 saturated heterocycles. The molecular weight excluding hydrogens is 585 g/mol. The van der Waals surface area contributed by atoms with Crippen LogP contribution in [0.2, 0.25) is 30.7 Å². The number of pyridine rings is 1. The first-order valence-electron chi connectivity index (χ1n) is 14.4. The number of hydrogen-bond acceptors (Lipinski definition) is 6. The van der Waals surface area contributed by atoms with Gasteiger partial charge in [0, 0.05) is 60.9 Å². The van der Waals surface area contributed by atoms with Crippen molar-refractivity contribution in [3.05, 3.63) is 83.3 Å². The molecule has 1 aliphatic heterocycles. The summed E-state index contributed by atoms with van der Waals surface area (Å²) < 4.78 is 22.3. The van der Waals surface area contributed by atoms with Crippen LogP contribution in [0.15, 0.2) is 60.9 Å². The number of carbonyl (C=O) groups is 1. The van der Waals surface area contributed by atoms with E-state index in [9.17, 15) is 14.3 Å². The highest BCUT2D eigenvalue weighted by molar-refractivity contribution is 6.76. The van der Waals surface area contributed by atoms with E-state index in [4.69, 9.17) is 27.1 Å².